The van der Waals surface area contributed by atoms with Gasteiger partial charge in [0.1, 0.15) is 0 Å². The monoisotopic (exact) mass is 462 g/mol. The highest BCUT2D eigenvalue weighted by Gasteiger charge is 2.44. The fourth-order valence-corrected chi connectivity index (χ4v) is 5.15. The molecule has 0 aliphatic carbocycles. The molecule has 170 valence electrons. The van der Waals surface area contributed by atoms with E-state index in [-0.39, 0.29) is 17.7 Å². The van der Waals surface area contributed by atoms with Gasteiger partial charge in [-0.2, -0.15) is 0 Å². The summed E-state index contributed by atoms with van der Waals surface area (Å²) in [7, 11) is 1.33. The number of hydrogen-bond donors (Lipinski definition) is 1. The minimum absolute atomic E-state index is 0.0517. The molecule has 1 aliphatic heterocycles. The third-order valence-corrected chi connectivity index (χ3v) is 6.63. The lowest BCUT2D eigenvalue weighted by atomic mass is 9.81. The average Bonchev–Trinajstić information content (AvgIpc) is 3.35. The number of amides is 2. The van der Waals surface area contributed by atoms with Gasteiger partial charge in [0.25, 0.3) is 5.91 Å². The summed E-state index contributed by atoms with van der Waals surface area (Å²) < 4.78 is 4.74. The summed E-state index contributed by atoms with van der Waals surface area (Å²) in [5, 5.41) is 4.96. The number of ether oxygens (including phenoxy) is 1. The topological polar surface area (TPSA) is 75.7 Å². The number of esters is 1. The first-order valence-electron chi connectivity index (χ1n) is 10.8. The number of fused-ring (bicyclic) bond motifs is 1. The second-order valence-corrected chi connectivity index (χ2v) is 9.41. The number of nitrogens with zero attached hydrogens (tertiary/aromatic N) is 1. The molecule has 1 aromatic heterocycles. The van der Waals surface area contributed by atoms with E-state index in [1.165, 1.54) is 7.11 Å². The lowest BCUT2D eigenvalue weighted by Crippen LogP contribution is -2.47. The van der Waals surface area contributed by atoms with Crippen LogP contribution in [0.1, 0.15) is 57.0 Å². The van der Waals surface area contributed by atoms with Gasteiger partial charge in [-0.15, -0.1) is 11.3 Å². The highest BCUT2D eigenvalue weighted by Crippen LogP contribution is 2.44. The van der Waals surface area contributed by atoms with Crippen LogP contribution in [0.5, 0.6) is 0 Å². The van der Waals surface area contributed by atoms with E-state index in [1.807, 2.05) is 40.6 Å². The molecule has 2 atom stereocenters. The van der Waals surface area contributed by atoms with Crippen LogP contribution in [0.2, 0.25) is 0 Å². The Balaban J connectivity index is 1.74. The van der Waals surface area contributed by atoms with Gasteiger partial charge < -0.3 is 15.0 Å². The summed E-state index contributed by atoms with van der Waals surface area (Å²) in [6.07, 6.45) is 0. The average molecular weight is 463 g/mol. The largest absolute Gasteiger partial charge is 0.465 e. The van der Waals surface area contributed by atoms with Crippen molar-refractivity contribution >= 4 is 34.8 Å². The lowest BCUT2D eigenvalue weighted by Gasteiger charge is -2.42. The van der Waals surface area contributed by atoms with Crippen LogP contribution in [0.15, 0.2) is 66.0 Å². The molecule has 7 heteroatoms. The molecule has 0 fully saturated rings. The number of thiophene rings is 1. The zero-order valence-electron chi connectivity index (χ0n) is 18.8. The maximum absolute atomic E-state index is 13.7. The Labute approximate surface area is 197 Å². The third-order valence-electron chi connectivity index (χ3n) is 5.69. The van der Waals surface area contributed by atoms with Crippen molar-refractivity contribution in [3.63, 3.8) is 0 Å². The summed E-state index contributed by atoms with van der Waals surface area (Å²) in [5.41, 5.74) is 2.27. The Hall–Kier alpha value is -3.45. The first-order chi connectivity index (χ1) is 15.9. The maximum Gasteiger partial charge on any atom is 0.337 e. The van der Waals surface area contributed by atoms with E-state index in [1.54, 1.807) is 41.7 Å². The van der Waals surface area contributed by atoms with E-state index >= 15 is 0 Å². The molecule has 33 heavy (non-hydrogen) atoms. The molecular weight excluding hydrogens is 436 g/mol. The molecule has 2 heterocycles. The van der Waals surface area contributed by atoms with E-state index in [9.17, 15) is 14.4 Å². The van der Waals surface area contributed by atoms with Crippen molar-refractivity contribution in [2.45, 2.75) is 25.8 Å². The Morgan fingerprint density at radius 1 is 1.06 bits per heavy atom. The molecule has 0 spiro atoms. The van der Waals surface area contributed by atoms with Gasteiger partial charge in [-0.1, -0.05) is 38.1 Å². The summed E-state index contributed by atoms with van der Waals surface area (Å²) in [6, 6.07) is 17.5. The third kappa shape index (κ3) is 4.54. The fourth-order valence-electron chi connectivity index (χ4n) is 4.27. The quantitative estimate of drug-likeness (QED) is 0.517. The number of methoxy groups -OCH3 is 1. The summed E-state index contributed by atoms with van der Waals surface area (Å²) >= 11 is 1.55. The van der Waals surface area contributed by atoms with Gasteiger partial charge in [0, 0.05) is 22.7 Å². The Morgan fingerprint density at radius 3 is 2.42 bits per heavy atom. The molecule has 0 saturated carbocycles. The van der Waals surface area contributed by atoms with E-state index in [4.69, 9.17) is 4.74 Å². The zero-order chi connectivity index (χ0) is 23.5. The second-order valence-electron chi connectivity index (χ2n) is 8.43. The second kappa shape index (κ2) is 9.58. The molecule has 2 amide bonds. The van der Waals surface area contributed by atoms with E-state index < -0.39 is 17.9 Å². The van der Waals surface area contributed by atoms with Crippen molar-refractivity contribution in [3.8, 4) is 0 Å². The van der Waals surface area contributed by atoms with Gasteiger partial charge in [-0.05, 0) is 53.3 Å². The molecule has 1 aliphatic rings. The van der Waals surface area contributed by atoms with Crippen LogP contribution in [0.25, 0.3) is 0 Å². The van der Waals surface area contributed by atoms with Crippen LogP contribution >= 0.6 is 11.3 Å². The first kappa shape index (κ1) is 22.7. The zero-order valence-corrected chi connectivity index (χ0v) is 19.6. The number of rotatable bonds is 6. The maximum atomic E-state index is 13.7. The van der Waals surface area contributed by atoms with Gasteiger partial charge >= 0.3 is 5.97 Å². The van der Waals surface area contributed by atoms with Crippen LogP contribution in [0, 0.1) is 5.92 Å². The Kier molecular flexibility index (Phi) is 6.60. The summed E-state index contributed by atoms with van der Waals surface area (Å²) in [5.74, 6) is -1.01. The number of benzene rings is 2. The summed E-state index contributed by atoms with van der Waals surface area (Å²) in [4.78, 5) is 41.7. The molecule has 6 nitrogen and oxygen atoms in total. The van der Waals surface area contributed by atoms with Gasteiger partial charge in [-0.25, -0.2) is 4.79 Å². The normalized spacial score (nSPS) is 17.6. The number of nitrogens with one attached hydrogen (secondary N) is 1. The highest BCUT2D eigenvalue weighted by atomic mass is 32.1. The SMILES string of the molecule is COC(=O)c1ccc(NC(=O)C2c3ccccc3C(=O)N(CC(C)C)C2c2cccs2)cc1. The minimum Gasteiger partial charge on any atom is -0.465 e. The van der Waals surface area contributed by atoms with Gasteiger partial charge in [0.15, 0.2) is 0 Å². The highest BCUT2D eigenvalue weighted by molar-refractivity contribution is 7.10. The fraction of sp³-hybridized carbons (Fsp3) is 0.269. The molecule has 4 rings (SSSR count). The number of carbonyl (C=O) groups excluding carboxylic acids is 3. The van der Waals surface area contributed by atoms with Crippen molar-refractivity contribution in [2.75, 3.05) is 19.0 Å². The van der Waals surface area contributed by atoms with Gasteiger partial charge in [0.05, 0.1) is 24.6 Å². The molecule has 0 saturated heterocycles. The van der Waals surface area contributed by atoms with E-state index in [0.29, 0.717) is 23.4 Å². The molecule has 1 N–H and O–H groups in total. The lowest BCUT2D eigenvalue weighted by molar-refractivity contribution is -0.119. The van der Waals surface area contributed by atoms with Gasteiger partial charge in [0.2, 0.25) is 5.91 Å². The Bertz CT molecular complexity index is 1160. The van der Waals surface area contributed by atoms with Crippen molar-refractivity contribution in [2.24, 2.45) is 5.92 Å². The molecule has 0 bridgehead atoms. The number of carbonyl (C=O) groups is 3. The van der Waals surface area contributed by atoms with Crippen LogP contribution in [0.3, 0.4) is 0 Å². The molecule has 2 unspecified atom stereocenters. The van der Waals surface area contributed by atoms with Crippen molar-refractivity contribution < 1.29 is 19.1 Å². The van der Waals surface area contributed by atoms with E-state index in [2.05, 4.69) is 19.2 Å². The minimum atomic E-state index is -0.573. The van der Waals surface area contributed by atoms with Crippen molar-refractivity contribution in [1.29, 1.82) is 0 Å². The molecule has 0 radical (unpaired) electrons. The molecular formula is C26H26N2O4S. The number of anilines is 1. The van der Waals surface area contributed by atoms with Crippen molar-refractivity contribution in [3.05, 3.63) is 87.6 Å². The van der Waals surface area contributed by atoms with Crippen LogP contribution in [0.4, 0.5) is 5.69 Å². The number of hydrogen-bond acceptors (Lipinski definition) is 5. The molecule has 3 aromatic rings. The molecule has 2 aromatic carbocycles. The first-order valence-corrected chi connectivity index (χ1v) is 11.7. The van der Waals surface area contributed by atoms with Crippen molar-refractivity contribution in [1.82, 2.24) is 4.90 Å². The van der Waals surface area contributed by atoms with E-state index in [0.717, 1.165) is 10.4 Å². The summed E-state index contributed by atoms with van der Waals surface area (Å²) in [6.45, 7) is 4.68. The van der Waals surface area contributed by atoms with Crippen LogP contribution in [-0.4, -0.2) is 36.3 Å². The predicted octanol–water partition coefficient (Wildman–Crippen LogP) is 5.11. The standard InChI is InChI=1S/C26H26N2O4S/c1-16(2)15-28-23(21-9-6-14-33-21)22(19-7-4-5-8-20(19)25(28)30)24(29)27-18-12-10-17(11-13-18)26(31)32-3/h4-14,16,22-23H,15H2,1-3H3,(H,27,29). The van der Waals surface area contributed by atoms with Crippen LogP contribution in [-0.2, 0) is 9.53 Å². The Morgan fingerprint density at radius 2 is 1.79 bits per heavy atom. The predicted molar refractivity (Wildman–Crippen MR) is 129 cm³/mol. The van der Waals surface area contributed by atoms with Crippen LogP contribution < -0.4 is 5.32 Å². The smallest absolute Gasteiger partial charge is 0.337 e. The van der Waals surface area contributed by atoms with Gasteiger partial charge in [-0.3, -0.25) is 9.59 Å².